The van der Waals surface area contributed by atoms with Crippen LogP contribution < -0.4 is 5.73 Å². The second-order valence-electron chi connectivity index (χ2n) is 4.69. The fraction of sp³-hybridized carbons (Fsp3) is 0.267. The van der Waals surface area contributed by atoms with E-state index in [4.69, 9.17) is 10.2 Å². The van der Waals surface area contributed by atoms with Crippen LogP contribution in [0.25, 0.3) is 16.7 Å². The highest BCUT2D eigenvalue weighted by Crippen LogP contribution is 2.26. The third-order valence-corrected chi connectivity index (χ3v) is 2.94. The van der Waals surface area contributed by atoms with Gasteiger partial charge in [-0.25, -0.2) is 0 Å². The zero-order chi connectivity index (χ0) is 13.3. The van der Waals surface area contributed by atoms with Crippen LogP contribution in [0.15, 0.2) is 40.3 Å². The van der Waals surface area contributed by atoms with Gasteiger partial charge in [-0.1, -0.05) is 32.0 Å². The van der Waals surface area contributed by atoms with Gasteiger partial charge in [0.15, 0.2) is 11.5 Å². The first kappa shape index (κ1) is 12.4. The summed E-state index contributed by atoms with van der Waals surface area (Å²) in [4.78, 5) is 11.6. The summed E-state index contributed by atoms with van der Waals surface area (Å²) in [5, 5.41) is 0.988. The van der Waals surface area contributed by atoms with E-state index in [9.17, 15) is 4.79 Å². The van der Waals surface area contributed by atoms with Crippen LogP contribution in [0.1, 0.15) is 26.5 Å². The number of nitrogens with two attached hydrogens (primary N) is 1. The fourth-order valence-corrected chi connectivity index (χ4v) is 2.15. The lowest BCUT2D eigenvalue weighted by molar-refractivity contribution is -0.114. The first-order valence-electron chi connectivity index (χ1n) is 6.00. The maximum atomic E-state index is 11.6. The first-order valence-corrected chi connectivity index (χ1v) is 6.00. The Labute approximate surface area is 106 Å². The monoisotopic (exact) mass is 243 g/mol. The van der Waals surface area contributed by atoms with E-state index in [1.54, 1.807) is 0 Å². The lowest BCUT2D eigenvalue weighted by atomic mass is 9.96. The van der Waals surface area contributed by atoms with Crippen molar-refractivity contribution >= 4 is 22.4 Å². The summed E-state index contributed by atoms with van der Waals surface area (Å²) in [5.41, 5.74) is 7.91. The van der Waals surface area contributed by atoms with Gasteiger partial charge in [0.1, 0.15) is 5.58 Å². The normalized spacial score (nSPS) is 12.9. The Kier molecular flexibility index (Phi) is 3.24. The second-order valence-corrected chi connectivity index (χ2v) is 4.69. The molecule has 3 heteroatoms. The number of para-hydroxylation sites is 1. The third-order valence-electron chi connectivity index (χ3n) is 2.94. The molecule has 18 heavy (non-hydrogen) atoms. The Balaban J connectivity index is 2.58. The van der Waals surface area contributed by atoms with Crippen molar-refractivity contribution in [2.45, 2.75) is 20.8 Å². The van der Waals surface area contributed by atoms with E-state index in [2.05, 4.69) is 0 Å². The molecule has 2 rings (SSSR count). The van der Waals surface area contributed by atoms with Crippen LogP contribution in [-0.2, 0) is 4.79 Å². The van der Waals surface area contributed by atoms with E-state index in [1.807, 2.05) is 44.2 Å². The van der Waals surface area contributed by atoms with Crippen molar-refractivity contribution in [3.05, 3.63) is 41.7 Å². The number of rotatable bonds is 3. The minimum absolute atomic E-state index is 0.0112. The van der Waals surface area contributed by atoms with Crippen molar-refractivity contribution in [1.82, 2.24) is 0 Å². The molecule has 0 saturated carbocycles. The molecular formula is C15H17NO2. The van der Waals surface area contributed by atoms with Gasteiger partial charge in [0.05, 0.1) is 5.70 Å². The summed E-state index contributed by atoms with van der Waals surface area (Å²) in [6.07, 6.45) is 0. The molecule has 1 aromatic heterocycles. The minimum Gasteiger partial charge on any atom is -0.455 e. The molecule has 0 aliphatic rings. The molecule has 0 spiro atoms. The largest absolute Gasteiger partial charge is 0.455 e. The van der Waals surface area contributed by atoms with Crippen LogP contribution in [0.3, 0.4) is 0 Å². The number of hydrogen-bond donors (Lipinski definition) is 1. The summed E-state index contributed by atoms with van der Waals surface area (Å²) >= 11 is 0. The van der Waals surface area contributed by atoms with Crippen LogP contribution in [0, 0.1) is 5.92 Å². The number of carbonyl (C=O) groups excluding carboxylic acids is 1. The van der Waals surface area contributed by atoms with E-state index in [1.165, 1.54) is 6.92 Å². The van der Waals surface area contributed by atoms with Crippen molar-refractivity contribution in [3.63, 3.8) is 0 Å². The highest BCUT2D eigenvalue weighted by molar-refractivity contribution is 6.01. The maximum Gasteiger partial charge on any atom is 0.158 e. The van der Waals surface area contributed by atoms with Gasteiger partial charge in [0.2, 0.25) is 0 Å². The van der Waals surface area contributed by atoms with Gasteiger partial charge in [-0.05, 0) is 25.0 Å². The molecule has 2 N–H and O–H groups in total. The van der Waals surface area contributed by atoms with Gasteiger partial charge in [0, 0.05) is 11.0 Å². The van der Waals surface area contributed by atoms with Crippen molar-refractivity contribution in [2.75, 3.05) is 0 Å². The molecule has 0 amide bonds. The number of allylic oxidation sites excluding steroid dienone is 1. The summed E-state index contributed by atoms with van der Waals surface area (Å²) in [7, 11) is 0. The van der Waals surface area contributed by atoms with Crippen molar-refractivity contribution < 1.29 is 9.21 Å². The Morgan fingerprint density at radius 1 is 1.28 bits per heavy atom. The molecule has 0 saturated heterocycles. The number of furan rings is 1. The second kappa shape index (κ2) is 4.69. The quantitative estimate of drug-likeness (QED) is 0.841. The van der Waals surface area contributed by atoms with Crippen LogP contribution in [0.2, 0.25) is 0 Å². The summed E-state index contributed by atoms with van der Waals surface area (Å²) in [6, 6.07) is 9.56. The van der Waals surface area contributed by atoms with Crippen LogP contribution in [0.5, 0.6) is 0 Å². The highest BCUT2D eigenvalue weighted by atomic mass is 16.3. The Morgan fingerprint density at radius 2 is 1.94 bits per heavy atom. The van der Waals surface area contributed by atoms with Crippen LogP contribution >= 0.6 is 0 Å². The topological polar surface area (TPSA) is 56.2 Å². The number of Topliss-reactive ketones (excluding diaryl/α,β-unsaturated/α-hetero) is 1. The van der Waals surface area contributed by atoms with Gasteiger partial charge >= 0.3 is 0 Å². The molecule has 0 radical (unpaired) electrons. The molecule has 1 aromatic carbocycles. The predicted octanol–water partition coefficient (Wildman–Crippen LogP) is 3.35. The molecule has 0 unspecified atom stereocenters. The number of carbonyl (C=O) groups is 1. The van der Waals surface area contributed by atoms with Gasteiger partial charge in [0.25, 0.3) is 0 Å². The van der Waals surface area contributed by atoms with Gasteiger partial charge in [-0.3, -0.25) is 4.79 Å². The van der Waals surface area contributed by atoms with E-state index in [0.29, 0.717) is 17.0 Å². The smallest absolute Gasteiger partial charge is 0.158 e. The van der Waals surface area contributed by atoms with Crippen molar-refractivity contribution in [3.8, 4) is 0 Å². The van der Waals surface area contributed by atoms with Crippen molar-refractivity contribution in [1.29, 1.82) is 0 Å². The van der Waals surface area contributed by atoms with E-state index in [0.717, 1.165) is 11.0 Å². The van der Waals surface area contributed by atoms with Gasteiger partial charge in [-0.15, -0.1) is 0 Å². The number of ketones is 1. The summed E-state index contributed by atoms with van der Waals surface area (Å²) in [6.45, 7) is 5.43. The van der Waals surface area contributed by atoms with E-state index >= 15 is 0 Å². The predicted molar refractivity (Wildman–Crippen MR) is 72.8 cm³/mol. The molecule has 1 heterocycles. The average Bonchev–Trinajstić information content (AvgIpc) is 2.71. The molecule has 94 valence electrons. The lowest BCUT2D eigenvalue weighted by Gasteiger charge is -2.10. The summed E-state index contributed by atoms with van der Waals surface area (Å²) < 4.78 is 5.68. The highest BCUT2D eigenvalue weighted by Gasteiger charge is 2.17. The molecule has 2 aromatic rings. The molecule has 0 aliphatic carbocycles. The summed E-state index contributed by atoms with van der Waals surface area (Å²) in [5.74, 6) is 0.633. The molecule has 0 atom stereocenters. The van der Waals surface area contributed by atoms with Crippen LogP contribution in [0.4, 0.5) is 0 Å². The molecule has 0 fully saturated rings. The van der Waals surface area contributed by atoms with Gasteiger partial charge < -0.3 is 10.2 Å². The SMILES string of the molecule is CC(=O)/C(=C(\N)c1cc2ccccc2o1)C(C)C. The Bertz CT molecular complexity index is 587. The molecular weight excluding hydrogens is 226 g/mol. The third kappa shape index (κ3) is 2.16. The van der Waals surface area contributed by atoms with Crippen LogP contribution in [-0.4, -0.2) is 5.78 Å². The molecule has 0 aliphatic heterocycles. The maximum absolute atomic E-state index is 11.6. The van der Waals surface area contributed by atoms with Crippen molar-refractivity contribution in [2.24, 2.45) is 11.7 Å². The van der Waals surface area contributed by atoms with E-state index in [-0.39, 0.29) is 11.7 Å². The molecule has 3 nitrogen and oxygen atoms in total. The standard InChI is InChI=1S/C15H17NO2/c1-9(2)14(10(3)17)15(16)13-8-11-6-4-5-7-12(11)18-13/h4-9H,16H2,1-3H3/b15-14-. The number of hydrogen-bond acceptors (Lipinski definition) is 3. The minimum atomic E-state index is -0.0112. The lowest BCUT2D eigenvalue weighted by Crippen LogP contribution is -2.12. The first-order chi connectivity index (χ1) is 8.50. The Hall–Kier alpha value is -2.03. The van der Waals surface area contributed by atoms with Gasteiger partial charge in [-0.2, -0.15) is 0 Å². The number of fused-ring (bicyclic) bond motifs is 1. The molecule has 0 bridgehead atoms. The van der Waals surface area contributed by atoms with E-state index < -0.39 is 0 Å². The average molecular weight is 243 g/mol. The zero-order valence-corrected chi connectivity index (χ0v) is 10.9. The zero-order valence-electron chi connectivity index (χ0n) is 10.9. The fourth-order valence-electron chi connectivity index (χ4n) is 2.15. The Morgan fingerprint density at radius 3 is 2.50 bits per heavy atom. The number of benzene rings is 1.